The molecule has 1 aliphatic rings. The summed E-state index contributed by atoms with van der Waals surface area (Å²) in [6, 6.07) is 5.95. The third-order valence-corrected chi connectivity index (χ3v) is 4.49. The number of carbonyl (C=O) groups is 1. The molecule has 134 valence electrons. The molecule has 1 amide bonds. The van der Waals surface area contributed by atoms with Gasteiger partial charge in [-0.3, -0.25) is 9.69 Å². The molecule has 24 heavy (non-hydrogen) atoms. The summed E-state index contributed by atoms with van der Waals surface area (Å²) in [6.07, 6.45) is 0.868. The molecule has 1 saturated heterocycles. The van der Waals surface area contributed by atoms with Gasteiger partial charge < -0.3 is 19.3 Å². The second kappa shape index (κ2) is 8.89. The summed E-state index contributed by atoms with van der Waals surface area (Å²) in [5, 5.41) is 0. The number of amides is 1. The lowest BCUT2D eigenvalue weighted by Crippen LogP contribution is -2.49. The molecule has 0 aromatic heterocycles. The predicted octanol–water partition coefficient (Wildman–Crippen LogP) is 0.952. The fraction of sp³-hybridized carbons (Fsp3) is 0.611. The normalized spacial score (nSPS) is 15.6. The van der Waals surface area contributed by atoms with E-state index >= 15 is 0 Å². The molecule has 0 spiro atoms. The smallest absolute Gasteiger partial charge is 0.236 e. The lowest BCUT2D eigenvalue weighted by atomic mass is 10.1. The van der Waals surface area contributed by atoms with Crippen LogP contribution in [0.15, 0.2) is 18.2 Å². The second-order valence-electron chi connectivity index (χ2n) is 6.36. The van der Waals surface area contributed by atoms with Crippen molar-refractivity contribution in [2.75, 3.05) is 67.6 Å². The van der Waals surface area contributed by atoms with Crippen molar-refractivity contribution in [3.63, 3.8) is 0 Å². The summed E-state index contributed by atoms with van der Waals surface area (Å²) in [5.74, 6) is 1.70. The zero-order valence-electron chi connectivity index (χ0n) is 15.2. The highest BCUT2D eigenvalue weighted by Crippen LogP contribution is 2.27. The molecule has 0 saturated carbocycles. The number of likely N-dealkylation sites (N-methyl/N-ethyl adjacent to an activating group) is 2. The van der Waals surface area contributed by atoms with E-state index in [2.05, 4.69) is 16.8 Å². The van der Waals surface area contributed by atoms with E-state index in [1.807, 2.05) is 30.1 Å². The minimum atomic E-state index is 0.220. The highest BCUT2D eigenvalue weighted by atomic mass is 16.5. The van der Waals surface area contributed by atoms with Gasteiger partial charge in [-0.2, -0.15) is 0 Å². The molecule has 0 atom stereocenters. The van der Waals surface area contributed by atoms with Gasteiger partial charge in [-0.25, -0.2) is 0 Å². The van der Waals surface area contributed by atoms with Gasteiger partial charge in [0.1, 0.15) is 0 Å². The molecule has 1 fully saturated rings. The third-order valence-electron chi connectivity index (χ3n) is 4.49. The summed E-state index contributed by atoms with van der Waals surface area (Å²) in [6.45, 7) is 4.88. The van der Waals surface area contributed by atoms with E-state index in [0.717, 1.165) is 50.6 Å². The van der Waals surface area contributed by atoms with Crippen LogP contribution in [-0.4, -0.2) is 88.2 Å². The average Bonchev–Trinajstić information content (AvgIpc) is 2.60. The van der Waals surface area contributed by atoms with E-state index < -0.39 is 0 Å². The van der Waals surface area contributed by atoms with Crippen molar-refractivity contribution in [3.8, 4) is 11.5 Å². The molecule has 0 radical (unpaired) electrons. The lowest BCUT2D eigenvalue weighted by Gasteiger charge is -2.33. The molecular weight excluding hydrogens is 306 g/mol. The quantitative estimate of drug-likeness (QED) is 0.742. The Balaban J connectivity index is 1.80. The van der Waals surface area contributed by atoms with Crippen LogP contribution in [0.2, 0.25) is 0 Å². The Morgan fingerprint density at radius 2 is 1.79 bits per heavy atom. The molecule has 1 aliphatic heterocycles. The first-order chi connectivity index (χ1) is 11.5. The maximum Gasteiger partial charge on any atom is 0.236 e. The highest BCUT2D eigenvalue weighted by Gasteiger charge is 2.19. The van der Waals surface area contributed by atoms with E-state index in [9.17, 15) is 4.79 Å². The van der Waals surface area contributed by atoms with Crippen molar-refractivity contribution in [1.82, 2.24) is 14.7 Å². The van der Waals surface area contributed by atoms with Gasteiger partial charge in [-0.1, -0.05) is 6.07 Å². The molecule has 0 unspecified atom stereocenters. The molecule has 2 rings (SSSR count). The van der Waals surface area contributed by atoms with E-state index in [-0.39, 0.29) is 5.91 Å². The number of rotatable bonds is 7. The minimum Gasteiger partial charge on any atom is -0.493 e. The van der Waals surface area contributed by atoms with Crippen molar-refractivity contribution in [3.05, 3.63) is 23.8 Å². The number of carbonyl (C=O) groups excluding carboxylic acids is 1. The zero-order chi connectivity index (χ0) is 17.5. The van der Waals surface area contributed by atoms with Crippen LogP contribution in [0.5, 0.6) is 11.5 Å². The average molecular weight is 335 g/mol. The maximum atomic E-state index is 12.3. The number of ether oxygens (including phenoxy) is 2. The number of methoxy groups -OCH3 is 2. The van der Waals surface area contributed by atoms with Gasteiger partial charge in [-0.05, 0) is 38.2 Å². The van der Waals surface area contributed by atoms with Crippen LogP contribution in [0, 0.1) is 0 Å². The summed E-state index contributed by atoms with van der Waals surface area (Å²) in [5.41, 5.74) is 1.17. The first-order valence-electron chi connectivity index (χ1n) is 8.39. The highest BCUT2D eigenvalue weighted by molar-refractivity contribution is 5.78. The predicted molar refractivity (Wildman–Crippen MR) is 94.8 cm³/mol. The van der Waals surface area contributed by atoms with Crippen LogP contribution in [-0.2, 0) is 11.2 Å². The van der Waals surface area contributed by atoms with Crippen LogP contribution >= 0.6 is 0 Å². The monoisotopic (exact) mass is 335 g/mol. The van der Waals surface area contributed by atoms with Crippen molar-refractivity contribution >= 4 is 5.91 Å². The topological polar surface area (TPSA) is 45.2 Å². The van der Waals surface area contributed by atoms with Gasteiger partial charge in [0.15, 0.2) is 11.5 Å². The Morgan fingerprint density at radius 1 is 1.12 bits per heavy atom. The molecule has 1 heterocycles. The van der Waals surface area contributed by atoms with Crippen molar-refractivity contribution in [2.45, 2.75) is 6.42 Å². The number of benzene rings is 1. The Hall–Kier alpha value is -1.79. The van der Waals surface area contributed by atoms with Crippen molar-refractivity contribution in [1.29, 1.82) is 0 Å². The SMILES string of the molecule is COc1ccc(CCN(C)CC(=O)N2CCN(C)CC2)cc1OC. The van der Waals surface area contributed by atoms with E-state index in [0.29, 0.717) is 6.54 Å². The summed E-state index contributed by atoms with van der Waals surface area (Å²) in [7, 11) is 7.36. The molecule has 6 nitrogen and oxygen atoms in total. The van der Waals surface area contributed by atoms with Crippen molar-refractivity contribution in [2.24, 2.45) is 0 Å². The second-order valence-corrected chi connectivity index (χ2v) is 6.36. The van der Waals surface area contributed by atoms with E-state index in [1.54, 1.807) is 14.2 Å². The Bertz CT molecular complexity index is 542. The number of piperazine rings is 1. The standard InChI is InChI=1S/C18H29N3O3/c1-19-9-11-21(12-10-19)18(22)14-20(2)8-7-15-5-6-16(23-3)17(13-15)24-4/h5-6,13H,7-12,14H2,1-4H3. The Morgan fingerprint density at radius 3 is 2.42 bits per heavy atom. The van der Waals surface area contributed by atoms with Crippen LogP contribution in [0.4, 0.5) is 0 Å². The van der Waals surface area contributed by atoms with Gasteiger partial charge in [-0.15, -0.1) is 0 Å². The molecule has 1 aromatic carbocycles. The van der Waals surface area contributed by atoms with Crippen LogP contribution in [0.1, 0.15) is 5.56 Å². The summed E-state index contributed by atoms with van der Waals surface area (Å²) in [4.78, 5) is 18.6. The van der Waals surface area contributed by atoms with Crippen LogP contribution in [0.3, 0.4) is 0 Å². The first-order valence-corrected chi connectivity index (χ1v) is 8.39. The molecule has 0 bridgehead atoms. The lowest BCUT2D eigenvalue weighted by molar-refractivity contribution is -0.133. The molecule has 0 N–H and O–H groups in total. The Labute approximate surface area is 144 Å². The number of hydrogen-bond donors (Lipinski definition) is 0. The molecule has 6 heteroatoms. The van der Waals surface area contributed by atoms with Crippen LogP contribution < -0.4 is 9.47 Å². The maximum absolute atomic E-state index is 12.3. The molecule has 0 aliphatic carbocycles. The van der Waals surface area contributed by atoms with Crippen molar-refractivity contribution < 1.29 is 14.3 Å². The van der Waals surface area contributed by atoms with Gasteiger partial charge in [0.2, 0.25) is 5.91 Å². The van der Waals surface area contributed by atoms with E-state index in [1.165, 1.54) is 5.56 Å². The summed E-state index contributed by atoms with van der Waals surface area (Å²) >= 11 is 0. The van der Waals surface area contributed by atoms with Gasteiger partial charge in [0.05, 0.1) is 20.8 Å². The summed E-state index contributed by atoms with van der Waals surface area (Å²) < 4.78 is 10.6. The zero-order valence-corrected chi connectivity index (χ0v) is 15.2. The minimum absolute atomic E-state index is 0.220. The van der Waals surface area contributed by atoms with Gasteiger partial charge in [0, 0.05) is 32.7 Å². The largest absolute Gasteiger partial charge is 0.493 e. The number of hydrogen-bond acceptors (Lipinski definition) is 5. The van der Waals surface area contributed by atoms with Gasteiger partial charge >= 0.3 is 0 Å². The molecule has 1 aromatic rings. The van der Waals surface area contributed by atoms with Gasteiger partial charge in [0.25, 0.3) is 0 Å². The fourth-order valence-electron chi connectivity index (χ4n) is 2.82. The number of nitrogens with zero attached hydrogens (tertiary/aromatic N) is 3. The first kappa shape index (κ1) is 18.5. The van der Waals surface area contributed by atoms with E-state index in [4.69, 9.17) is 9.47 Å². The fourth-order valence-corrected chi connectivity index (χ4v) is 2.82. The third kappa shape index (κ3) is 5.11. The molecular formula is C18H29N3O3. The Kier molecular flexibility index (Phi) is 6.87. The van der Waals surface area contributed by atoms with Crippen LogP contribution in [0.25, 0.3) is 0 Å².